The second-order valence-corrected chi connectivity index (χ2v) is 3.55. The van der Waals surface area contributed by atoms with E-state index in [2.05, 4.69) is 29.5 Å². The third kappa shape index (κ3) is 1.72. The lowest BCUT2D eigenvalue weighted by atomic mass is 10.1. The first-order valence-corrected chi connectivity index (χ1v) is 5.08. The van der Waals surface area contributed by atoms with Gasteiger partial charge in [0.2, 0.25) is 0 Å². The highest BCUT2D eigenvalue weighted by atomic mass is 16.5. The molecule has 5 heteroatoms. The van der Waals surface area contributed by atoms with Gasteiger partial charge in [-0.15, -0.1) is 5.10 Å². The van der Waals surface area contributed by atoms with E-state index in [0.717, 1.165) is 25.4 Å². The Kier molecular flexibility index (Phi) is 2.67. The highest BCUT2D eigenvalue weighted by Gasteiger charge is 2.24. The number of hydrogen-bond acceptors (Lipinski definition) is 4. The maximum atomic E-state index is 5.48. The van der Waals surface area contributed by atoms with Crippen LogP contribution in [0.2, 0.25) is 0 Å². The first-order chi connectivity index (χ1) is 6.81. The molecule has 1 saturated heterocycles. The number of hydrogen-bond donors (Lipinski definition) is 1. The molecule has 1 aliphatic rings. The molecule has 2 heterocycles. The van der Waals surface area contributed by atoms with Crippen LogP contribution in [0.1, 0.15) is 20.3 Å². The van der Waals surface area contributed by atoms with Gasteiger partial charge in [-0.1, -0.05) is 5.21 Å². The van der Waals surface area contributed by atoms with Crippen molar-refractivity contribution in [2.45, 2.75) is 39.0 Å². The van der Waals surface area contributed by atoms with Gasteiger partial charge in [-0.25, -0.2) is 4.68 Å². The Morgan fingerprint density at radius 2 is 2.57 bits per heavy atom. The molecule has 1 aromatic rings. The summed E-state index contributed by atoms with van der Waals surface area (Å²) in [5.41, 5.74) is 0. The Hall–Kier alpha value is -1.10. The summed E-state index contributed by atoms with van der Waals surface area (Å²) in [6.45, 7) is 5.82. The third-order valence-electron chi connectivity index (χ3n) is 2.63. The highest BCUT2D eigenvalue weighted by Crippen LogP contribution is 2.17. The van der Waals surface area contributed by atoms with Crippen LogP contribution >= 0.6 is 0 Å². The van der Waals surface area contributed by atoms with Crippen molar-refractivity contribution < 1.29 is 4.74 Å². The van der Waals surface area contributed by atoms with Crippen LogP contribution in [0.5, 0.6) is 0 Å². The molecule has 0 spiro atoms. The maximum Gasteiger partial charge on any atom is 0.145 e. The normalized spacial score (nSPS) is 26.7. The van der Waals surface area contributed by atoms with Crippen molar-refractivity contribution in [1.29, 1.82) is 0 Å². The van der Waals surface area contributed by atoms with Crippen LogP contribution in [0.3, 0.4) is 0 Å². The zero-order valence-electron chi connectivity index (χ0n) is 8.60. The predicted octanol–water partition coefficient (Wildman–Crippen LogP) is 0.887. The zero-order chi connectivity index (χ0) is 9.97. The zero-order valence-corrected chi connectivity index (χ0v) is 8.60. The van der Waals surface area contributed by atoms with E-state index in [0.29, 0.717) is 6.04 Å². The minimum absolute atomic E-state index is 0.273. The van der Waals surface area contributed by atoms with Gasteiger partial charge in [0, 0.05) is 13.2 Å². The number of aromatic nitrogens is 3. The van der Waals surface area contributed by atoms with Crippen LogP contribution in [0.15, 0.2) is 6.20 Å². The van der Waals surface area contributed by atoms with E-state index < -0.39 is 0 Å². The largest absolute Gasteiger partial charge is 0.376 e. The molecule has 1 N–H and O–H groups in total. The number of anilines is 1. The monoisotopic (exact) mass is 196 g/mol. The van der Waals surface area contributed by atoms with E-state index in [4.69, 9.17) is 4.74 Å². The Labute approximate surface area is 83.4 Å². The molecule has 0 bridgehead atoms. The number of nitrogens with zero attached hydrogens (tertiary/aromatic N) is 3. The van der Waals surface area contributed by atoms with Gasteiger partial charge in [0.25, 0.3) is 0 Å². The third-order valence-corrected chi connectivity index (χ3v) is 2.63. The van der Waals surface area contributed by atoms with Gasteiger partial charge >= 0.3 is 0 Å². The van der Waals surface area contributed by atoms with E-state index in [9.17, 15) is 0 Å². The summed E-state index contributed by atoms with van der Waals surface area (Å²) < 4.78 is 7.33. The van der Waals surface area contributed by atoms with Gasteiger partial charge in [0.1, 0.15) is 5.82 Å². The van der Waals surface area contributed by atoms with Crippen molar-refractivity contribution in [3.63, 3.8) is 0 Å². The first kappa shape index (κ1) is 9.45. The molecular weight excluding hydrogens is 180 g/mol. The molecule has 0 aromatic carbocycles. The predicted molar refractivity (Wildman–Crippen MR) is 53.1 cm³/mol. The van der Waals surface area contributed by atoms with E-state index in [1.165, 1.54) is 0 Å². The van der Waals surface area contributed by atoms with E-state index >= 15 is 0 Å². The lowest BCUT2D eigenvalue weighted by Crippen LogP contribution is -2.27. The fourth-order valence-electron chi connectivity index (χ4n) is 1.71. The summed E-state index contributed by atoms with van der Waals surface area (Å²) >= 11 is 0. The molecule has 2 atom stereocenters. The Bertz CT molecular complexity index is 299. The maximum absolute atomic E-state index is 5.48. The van der Waals surface area contributed by atoms with Gasteiger partial charge in [0.15, 0.2) is 0 Å². The average molecular weight is 196 g/mol. The molecule has 2 unspecified atom stereocenters. The van der Waals surface area contributed by atoms with Crippen LogP contribution in [-0.2, 0) is 11.3 Å². The SMILES string of the molecule is CCn1nncc1NC1CCOC1C. The number of nitrogens with one attached hydrogen (secondary N) is 1. The van der Waals surface area contributed by atoms with Gasteiger partial charge in [-0.3, -0.25) is 0 Å². The minimum Gasteiger partial charge on any atom is -0.376 e. The average Bonchev–Trinajstić information content (AvgIpc) is 2.77. The Morgan fingerprint density at radius 3 is 3.21 bits per heavy atom. The number of aryl methyl sites for hydroxylation is 1. The molecule has 2 rings (SSSR count). The minimum atomic E-state index is 0.273. The van der Waals surface area contributed by atoms with Gasteiger partial charge in [0.05, 0.1) is 18.3 Å². The topological polar surface area (TPSA) is 52.0 Å². The molecule has 0 saturated carbocycles. The van der Waals surface area contributed by atoms with E-state index in [1.54, 1.807) is 6.20 Å². The molecule has 1 fully saturated rings. The summed E-state index contributed by atoms with van der Waals surface area (Å²) in [7, 11) is 0. The first-order valence-electron chi connectivity index (χ1n) is 5.08. The molecule has 1 aromatic heterocycles. The van der Waals surface area contributed by atoms with Crippen molar-refractivity contribution in [1.82, 2.24) is 15.0 Å². The molecule has 78 valence electrons. The van der Waals surface area contributed by atoms with Gasteiger partial charge < -0.3 is 10.1 Å². The summed E-state index contributed by atoms with van der Waals surface area (Å²) in [6.07, 6.45) is 3.08. The fraction of sp³-hybridized carbons (Fsp3) is 0.778. The smallest absolute Gasteiger partial charge is 0.145 e. The van der Waals surface area contributed by atoms with E-state index in [1.807, 2.05) is 4.68 Å². The van der Waals surface area contributed by atoms with Gasteiger partial charge in [-0.2, -0.15) is 0 Å². The lowest BCUT2D eigenvalue weighted by molar-refractivity contribution is 0.121. The van der Waals surface area contributed by atoms with Crippen molar-refractivity contribution in [2.75, 3.05) is 11.9 Å². The quantitative estimate of drug-likeness (QED) is 0.780. The van der Waals surface area contributed by atoms with Crippen LogP contribution < -0.4 is 5.32 Å². The molecule has 0 aliphatic carbocycles. The molecule has 0 radical (unpaired) electrons. The number of rotatable bonds is 3. The molecule has 1 aliphatic heterocycles. The summed E-state index contributed by atoms with van der Waals surface area (Å²) in [6, 6.07) is 0.388. The van der Waals surface area contributed by atoms with Crippen LogP contribution in [0, 0.1) is 0 Å². The van der Waals surface area contributed by atoms with Crippen LogP contribution in [0.25, 0.3) is 0 Å². The molecular formula is C9H16N4O. The summed E-state index contributed by atoms with van der Waals surface area (Å²) in [5, 5.41) is 11.2. The highest BCUT2D eigenvalue weighted by molar-refractivity contribution is 5.33. The second kappa shape index (κ2) is 3.96. The Morgan fingerprint density at radius 1 is 1.71 bits per heavy atom. The van der Waals surface area contributed by atoms with E-state index in [-0.39, 0.29) is 6.10 Å². The van der Waals surface area contributed by atoms with Crippen molar-refractivity contribution in [3.8, 4) is 0 Å². The van der Waals surface area contributed by atoms with Gasteiger partial charge in [-0.05, 0) is 20.3 Å². The standard InChI is InChI=1S/C9H16N4O/c1-3-13-9(6-10-12-13)11-8-4-5-14-7(8)2/h6-8,11H,3-5H2,1-2H3. The molecule has 0 amide bonds. The molecule has 14 heavy (non-hydrogen) atoms. The van der Waals surface area contributed by atoms with Crippen molar-refractivity contribution >= 4 is 5.82 Å². The van der Waals surface area contributed by atoms with Crippen molar-refractivity contribution in [2.24, 2.45) is 0 Å². The summed E-state index contributed by atoms with van der Waals surface area (Å²) in [5.74, 6) is 0.981. The Balaban J connectivity index is 2.02. The van der Waals surface area contributed by atoms with Crippen molar-refractivity contribution in [3.05, 3.63) is 6.20 Å². The number of ether oxygens (including phenoxy) is 1. The molecule has 5 nitrogen and oxygen atoms in total. The lowest BCUT2D eigenvalue weighted by Gasteiger charge is -2.16. The van der Waals surface area contributed by atoms with Crippen LogP contribution in [-0.4, -0.2) is 33.7 Å². The second-order valence-electron chi connectivity index (χ2n) is 3.55. The summed E-state index contributed by atoms with van der Waals surface area (Å²) in [4.78, 5) is 0. The fourth-order valence-corrected chi connectivity index (χ4v) is 1.71. The van der Waals surface area contributed by atoms with Crippen LogP contribution in [0.4, 0.5) is 5.82 Å².